The molecule has 134 valence electrons. The molecule has 3 nitrogen and oxygen atoms in total. The van der Waals surface area contributed by atoms with Crippen LogP contribution in [0.5, 0.6) is 0 Å². The van der Waals surface area contributed by atoms with Gasteiger partial charge in [-0.25, -0.2) is 0 Å². The summed E-state index contributed by atoms with van der Waals surface area (Å²) in [5.41, 5.74) is 1.22. The maximum absolute atomic E-state index is 12.2. The molecule has 2 aromatic carbocycles. The van der Waals surface area contributed by atoms with Gasteiger partial charge in [-0.3, -0.25) is 4.79 Å². The van der Waals surface area contributed by atoms with E-state index in [2.05, 4.69) is 52.4 Å². The first-order valence-corrected chi connectivity index (χ1v) is 10.6. The van der Waals surface area contributed by atoms with Gasteiger partial charge >= 0.3 is 0 Å². The molecule has 3 rings (SSSR count). The topological polar surface area (TPSA) is 45.7 Å². The van der Waals surface area contributed by atoms with Crippen LogP contribution in [0, 0.1) is 0 Å². The smallest absolute Gasteiger partial charge is 0.275 e. The summed E-state index contributed by atoms with van der Waals surface area (Å²) in [4.78, 5) is 14.7. The monoisotopic (exact) mass is 383 g/mol. The van der Waals surface area contributed by atoms with Crippen LogP contribution in [0.25, 0.3) is 0 Å². The number of thiophene rings is 1. The normalized spacial score (nSPS) is 11.8. The molecule has 0 radical (unpaired) electrons. The summed E-state index contributed by atoms with van der Waals surface area (Å²) in [6.45, 7) is 1.11. The highest BCUT2D eigenvalue weighted by Gasteiger charge is 2.19. The molecule has 1 aromatic heterocycles. The summed E-state index contributed by atoms with van der Waals surface area (Å²) in [7, 11) is 0. The molecule has 0 saturated carbocycles. The fourth-order valence-corrected chi connectivity index (χ4v) is 4.36. The van der Waals surface area contributed by atoms with Crippen LogP contribution in [-0.2, 0) is 4.79 Å². The predicted octanol–water partition coefficient (Wildman–Crippen LogP) is 3.31. The third kappa shape index (κ3) is 5.73. The Labute approximate surface area is 162 Å². The van der Waals surface area contributed by atoms with Crippen molar-refractivity contribution in [3.8, 4) is 0 Å². The zero-order chi connectivity index (χ0) is 18.0. The predicted molar refractivity (Wildman–Crippen MR) is 110 cm³/mol. The molecule has 5 heteroatoms. The van der Waals surface area contributed by atoms with Crippen molar-refractivity contribution in [2.75, 3.05) is 18.8 Å². The Morgan fingerprint density at radius 2 is 1.73 bits per heavy atom. The Morgan fingerprint density at radius 3 is 2.42 bits per heavy atom. The van der Waals surface area contributed by atoms with Gasteiger partial charge in [0.15, 0.2) is 6.54 Å². The van der Waals surface area contributed by atoms with Gasteiger partial charge in [0.25, 0.3) is 5.91 Å². The van der Waals surface area contributed by atoms with E-state index < -0.39 is 0 Å². The van der Waals surface area contributed by atoms with Crippen LogP contribution in [0.1, 0.15) is 16.5 Å². The Hall–Kier alpha value is -2.08. The van der Waals surface area contributed by atoms with Gasteiger partial charge in [-0.1, -0.05) is 54.6 Å². The van der Waals surface area contributed by atoms with Gasteiger partial charge in [-0.2, -0.15) is 0 Å². The highest BCUT2D eigenvalue weighted by atomic mass is 32.2. The van der Waals surface area contributed by atoms with Crippen molar-refractivity contribution in [1.29, 1.82) is 0 Å². The second kappa shape index (κ2) is 10.2. The van der Waals surface area contributed by atoms with Crippen LogP contribution in [0.15, 0.2) is 83.1 Å². The molecule has 26 heavy (non-hydrogen) atoms. The average Bonchev–Trinajstić information content (AvgIpc) is 3.22. The summed E-state index contributed by atoms with van der Waals surface area (Å²) in [6, 6.07) is 25.0. The number of hydrogen-bond acceptors (Lipinski definition) is 3. The molecule has 1 amide bonds. The van der Waals surface area contributed by atoms with E-state index in [0.29, 0.717) is 13.1 Å². The second-order valence-corrected chi connectivity index (χ2v) is 8.00. The van der Waals surface area contributed by atoms with Crippen LogP contribution in [0.4, 0.5) is 0 Å². The van der Waals surface area contributed by atoms with E-state index in [0.717, 1.165) is 5.75 Å². The lowest BCUT2D eigenvalue weighted by atomic mass is 10.1. The minimum Gasteiger partial charge on any atom is -0.350 e. The number of nitrogens with one attached hydrogen (secondary N) is 1. The van der Waals surface area contributed by atoms with Crippen LogP contribution >= 0.6 is 23.1 Å². The molecule has 0 fully saturated rings. The molecule has 1 heterocycles. The summed E-state index contributed by atoms with van der Waals surface area (Å²) in [5.74, 6) is 0.958. The van der Waals surface area contributed by atoms with Gasteiger partial charge in [-0.05, 0) is 23.6 Å². The number of quaternary nitrogens is 1. The molecule has 0 bridgehead atoms. The van der Waals surface area contributed by atoms with Crippen LogP contribution in [0.2, 0.25) is 0 Å². The molecule has 0 aliphatic heterocycles. The van der Waals surface area contributed by atoms with Crippen molar-refractivity contribution in [3.63, 3.8) is 0 Å². The van der Waals surface area contributed by atoms with Gasteiger partial charge < -0.3 is 10.6 Å². The second-order valence-electron chi connectivity index (χ2n) is 5.86. The third-order valence-corrected chi connectivity index (χ3v) is 5.95. The first-order chi connectivity index (χ1) is 12.8. The molecule has 0 saturated heterocycles. The number of carbonyl (C=O) groups excluding carboxylic acids is 1. The molecule has 1 atom stereocenters. The molecule has 3 N–H and O–H groups in total. The highest BCUT2D eigenvalue weighted by Crippen LogP contribution is 2.22. The Balaban J connectivity index is 1.46. The van der Waals surface area contributed by atoms with Gasteiger partial charge in [0.2, 0.25) is 0 Å². The van der Waals surface area contributed by atoms with Gasteiger partial charge in [0.05, 0.1) is 4.88 Å². The largest absolute Gasteiger partial charge is 0.350 e. The molecule has 3 aromatic rings. The van der Waals surface area contributed by atoms with E-state index in [-0.39, 0.29) is 11.9 Å². The lowest BCUT2D eigenvalue weighted by Gasteiger charge is -2.14. The van der Waals surface area contributed by atoms with Crippen LogP contribution in [-0.4, -0.2) is 24.7 Å². The number of nitrogens with two attached hydrogens (primary N) is 1. The Morgan fingerprint density at radius 1 is 1.00 bits per heavy atom. The first kappa shape index (κ1) is 18.7. The van der Waals surface area contributed by atoms with Crippen molar-refractivity contribution in [1.82, 2.24) is 5.32 Å². The van der Waals surface area contributed by atoms with Crippen LogP contribution < -0.4 is 10.6 Å². The van der Waals surface area contributed by atoms with Crippen molar-refractivity contribution >= 4 is 29.0 Å². The number of rotatable bonds is 9. The first-order valence-electron chi connectivity index (χ1n) is 8.69. The number of benzene rings is 2. The zero-order valence-corrected chi connectivity index (χ0v) is 16.1. The fraction of sp³-hybridized carbons (Fsp3) is 0.190. The van der Waals surface area contributed by atoms with E-state index in [9.17, 15) is 4.79 Å². The number of thioether (sulfide) groups is 1. The fourth-order valence-electron chi connectivity index (χ4n) is 2.72. The third-order valence-electron chi connectivity index (χ3n) is 3.98. The molecule has 0 spiro atoms. The van der Waals surface area contributed by atoms with Gasteiger partial charge in [0.1, 0.15) is 6.04 Å². The molecular formula is C21H23N2OS2+. The lowest BCUT2D eigenvalue weighted by Crippen LogP contribution is -2.87. The summed E-state index contributed by atoms with van der Waals surface area (Å²) in [5, 5.41) is 7.21. The maximum atomic E-state index is 12.2. The molecule has 0 aliphatic rings. The lowest BCUT2D eigenvalue weighted by molar-refractivity contribution is -0.676. The van der Waals surface area contributed by atoms with E-state index in [1.807, 2.05) is 36.4 Å². The number of amides is 1. The summed E-state index contributed by atoms with van der Waals surface area (Å²) < 4.78 is 0. The summed E-state index contributed by atoms with van der Waals surface area (Å²) >= 11 is 3.49. The van der Waals surface area contributed by atoms with E-state index in [1.165, 1.54) is 15.3 Å². The SMILES string of the molecule is O=C(C[NH2+][C@@H](c1ccccc1)c1cccs1)NCCSc1ccccc1. The van der Waals surface area contributed by atoms with Crippen molar-refractivity contribution in [3.05, 3.63) is 88.6 Å². The Kier molecular flexibility index (Phi) is 7.31. The molecular weight excluding hydrogens is 360 g/mol. The molecule has 0 unspecified atom stereocenters. The standard InChI is InChI=1S/C21H22N2OS2/c24-20(22-13-15-25-18-10-5-2-6-11-18)16-23-21(19-12-7-14-26-19)17-8-3-1-4-9-17/h1-12,14,21,23H,13,15-16H2,(H,22,24)/p+1/t21-/m0/s1. The minimum absolute atomic E-state index is 0.0798. The van der Waals surface area contributed by atoms with E-state index in [1.54, 1.807) is 23.1 Å². The highest BCUT2D eigenvalue weighted by molar-refractivity contribution is 7.99. The quantitative estimate of drug-likeness (QED) is 0.440. The maximum Gasteiger partial charge on any atom is 0.275 e. The number of carbonyl (C=O) groups is 1. The van der Waals surface area contributed by atoms with E-state index >= 15 is 0 Å². The zero-order valence-electron chi connectivity index (χ0n) is 14.5. The minimum atomic E-state index is 0.0798. The summed E-state index contributed by atoms with van der Waals surface area (Å²) in [6.07, 6.45) is 0. The number of hydrogen-bond donors (Lipinski definition) is 2. The molecule has 0 aliphatic carbocycles. The van der Waals surface area contributed by atoms with Gasteiger partial charge in [0, 0.05) is 22.8 Å². The van der Waals surface area contributed by atoms with Crippen molar-refractivity contribution in [2.24, 2.45) is 0 Å². The van der Waals surface area contributed by atoms with Crippen molar-refractivity contribution < 1.29 is 10.1 Å². The Bertz CT molecular complexity index is 776. The van der Waals surface area contributed by atoms with Crippen molar-refractivity contribution in [2.45, 2.75) is 10.9 Å². The van der Waals surface area contributed by atoms with E-state index in [4.69, 9.17) is 0 Å². The van der Waals surface area contributed by atoms with Gasteiger partial charge in [-0.15, -0.1) is 23.1 Å². The average molecular weight is 384 g/mol. The van der Waals surface area contributed by atoms with Crippen LogP contribution in [0.3, 0.4) is 0 Å².